The molecule has 0 spiro atoms. The lowest BCUT2D eigenvalue weighted by atomic mass is 9.87. The zero-order valence-corrected chi connectivity index (χ0v) is 14.0. The van der Waals surface area contributed by atoms with E-state index in [0.717, 1.165) is 5.56 Å². The number of aromatic nitrogens is 1. The monoisotopic (exact) mass is 329 g/mol. The quantitative estimate of drug-likeness (QED) is 0.744. The molecule has 3 nitrogen and oxygen atoms in total. The SMILES string of the molecule is COc1cccc([C@](O)(C#Cc2ccccn2)Cc2ccccc2)c1. The summed E-state index contributed by atoms with van der Waals surface area (Å²) in [6, 6.07) is 22.7. The predicted molar refractivity (Wildman–Crippen MR) is 98.2 cm³/mol. The highest BCUT2D eigenvalue weighted by molar-refractivity contribution is 5.42. The van der Waals surface area contributed by atoms with Crippen molar-refractivity contribution in [1.82, 2.24) is 4.98 Å². The summed E-state index contributed by atoms with van der Waals surface area (Å²) in [6.45, 7) is 0. The fraction of sp³-hybridized carbons (Fsp3) is 0.136. The van der Waals surface area contributed by atoms with Gasteiger partial charge in [0.15, 0.2) is 5.60 Å². The highest BCUT2D eigenvalue weighted by atomic mass is 16.5. The average molecular weight is 329 g/mol. The highest BCUT2D eigenvalue weighted by Gasteiger charge is 2.28. The number of nitrogens with zero attached hydrogens (tertiary/aromatic N) is 1. The number of hydrogen-bond donors (Lipinski definition) is 1. The van der Waals surface area contributed by atoms with E-state index in [9.17, 15) is 5.11 Å². The van der Waals surface area contributed by atoms with Crippen molar-refractivity contribution in [3.8, 4) is 17.6 Å². The van der Waals surface area contributed by atoms with Gasteiger partial charge in [-0.05, 0) is 41.3 Å². The van der Waals surface area contributed by atoms with Crippen molar-refractivity contribution >= 4 is 0 Å². The Morgan fingerprint density at radius 2 is 1.80 bits per heavy atom. The number of hydrogen-bond acceptors (Lipinski definition) is 3. The van der Waals surface area contributed by atoms with Crippen LogP contribution in [0.5, 0.6) is 5.75 Å². The van der Waals surface area contributed by atoms with Crippen LogP contribution in [0.2, 0.25) is 0 Å². The van der Waals surface area contributed by atoms with Crippen LogP contribution < -0.4 is 4.74 Å². The van der Waals surface area contributed by atoms with Gasteiger partial charge < -0.3 is 9.84 Å². The lowest BCUT2D eigenvalue weighted by molar-refractivity contribution is 0.100. The maximum Gasteiger partial charge on any atom is 0.155 e. The molecule has 3 heteroatoms. The molecule has 1 N–H and O–H groups in total. The van der Waals surface area contributed by atoms with E-state index in [4.69, 9.17) is 4.74 Å². The first-order chi connectivity index (χ1) is 12.2. The highest BCUT2D eigenvalue weighted by Crippen LogP contribution is 2.28. The number of aliphatic hydroxyl groups is 1. The summed E-state index contributed by atoms with van der Waals surface area (Å²) >= 11 is 0. The van der Waals surface area contributed by atoms with Gasteiger partial charge in [-0.1, -0.05) is 54.5 Å². The molecular weight excluding hydrogens is 310 g/mol. The molecule has 1 aromatic heterocycles. The standard InChI is InChI=1S/C22H19NO2/c1-25-21-12-7-10-19(16-21)22(24,17-18-8-3-2-4-9-18)14-13-20-11-5-6-15-23-20/h2-12,15-16,24H,17H2,1H3/t22-/m0/s1. The first kappa shape index (κ1) is 16.8. The molecule has 0 fully saturated rings. The molecule has 0 aliphatic rings. The topological polar surface area (TPSA) is 42.4 Å². The van der Waals surface area contributed by atoms with Gasteiger partial charge in [-0.15, -0.1) is 0 Å². The predicted octanol–water partition coefficient (Wildman–Crippen LogP) is 3.57. The summed E-state index contributed by atoms with van der Waals surface area (Å²) in [5.41, 5.74) is 0.979. The van der Waals surface area contributed by atoms with Crippen LogP contribution in [0.4, 0.5) is 0 Å². The summed E-state index contributed by atoms with van der Waals surface area (Å²) in [5.74, 6) is 6.69. The van der Waals surface area contributed by atoms with Crippen molar-refractivity contribution in [2.24, 2.45) is 0 Å². The molecular formula is C22H19NO2. The van der Waals surface area contributed by atoms with Crippen LogP contribution in [-0.2, 0) is 12.0 Å². The molecule has 3 rings (SSSR count). The number of methoxy groups -OCH3 is 1. The van der Waals surface area contributed by atoms with Gasteiger partial charge in [-0.2, -0.15) is 0 Å². The summed E-state index contributed by atoms with van der Waals surface area (Å²) in [6.07, 6.45) is 2.06. The van der Waals surface area contributed by atoms with Gasteiger partial charge in [0.2, 0.25) is 0 Å². The molecule has 25 heavy (non-hydrogen) atoms. The van der Waals surface area contributed by atoms with Gasteiger partial charge in [0, 0.05) is 12.6 Å². The van der Waals surface area contributed by atoms with Gasteiger partial charge in [0.25, 0.3) is 0 Å². The van der Waals surface area contributed by atoms with E-state index in [2.05, 4.69) is 16.8 Å². The summed E-state index contributed by atoms with van der Waals surface area (Å²) < 4.78 is 5.29. The minimum absolute atomic E-state index is 0.376. The Kier molecular flexibility index (Phi) is 5.13. The third-order valence-electron chi connectivity index (χ3n) is 3.91. The zero-order chi connectivity index (χ0) is 17.5. The number of rotatable bonds is 4. The van der Waals surface area contributed by atoms with Crippen molar-refractivity contribution in [3.63, 3.8) is 0 Å². The van der Waals surface area contributed by atoms with Crippen molar-refractivity contribution in [3.05, 3.63) is 95.8 Å². The third kappa shape index (κ3) is 4.26. The maximum atomic E-state index is 11.4. The molecule has 3 aromatic rings. The second-order valence-electron chi connectivity index (χ2n) is 5.72. The van der Waals surface area contributed by atoms with Crippen LogP contribution >= 0.6 is 0 Å². The van der Waals surface area contributed by atoms with E-state index >= 15 is 0 Å². The van der Waals surface area contributed by atoms with Gasteiger partial charge in [0.05, 0.1) is 7.11 Å². The molecule has 0 saturated heterocycles. The number of ether oxygens (including phenoxy) is 1. The Morgan fingerprint density at radius 1 is 1.00 bits per heavy atom. The first-order valence-electron chi connectivity index (χ1n) is 8.05. The van der Waals surface area contributed by atoms with Crippen LogP contribution in [0.1, 0.15) is 16.8 Å². The zero-order valence-electron chi connectivity index (χ0n) is 14.0. The second-order valence-corrected chi connectivity index (χ2v) is 5.72. The fourth-order valence-electron chi connectivity index (χ4n) is 2.59. The van der Waals surface area contributed by atoms with Crippen molar-refractivity contribution in [1.29, 1.82) is 0 Å². The molecule has 0 amide bonds. The second kappa shape index (κ2) is 7.65. The van der Waals surface area contributed by atoms with Crippen molar-refractivity contribution in [2.75, 3.05) is 7.11 Å². The van der Waals surface area contributed by atoms with E-state index < -0.39 is 5.60 Å². The molecule has 124 valence electrons. The van der Waals surface area contributed by atoms with Crippen LogP contribution in [0.3, 0.4) is 0 Å². The largest absolute Gasteiger partial charge is 0.497 e. The normalized spacial score (nSPS) is 12.6. The van der Waals surface area contributed by atoms with Gasteiger partial charge in [-0.3, -0.25) is 0 Å². The van der Waals surface area contributed by atoms with Crippen LogP contribution in [0.15, 0.2) is 79.0 Å². The molecule has 0 aliphatic heterocycles. The molecule has 0 saturated carbocycles. The molecule has 1 atom stereocenters. The first-order valence-corrected chi connectivity index (χ1v) is 8.05. The fourth-order valence-corrected chi connectivity index (χ4v) is 2.59. The van der Waals surface area contributed by atoms with Gasteiger partial charge in [0.1, 0.15) is 11.4 Å². The Balaban J connectivity index is 2.02. The minimum Gasteiger partial charge on any atom is -0.497 e. The van der Waals surface area contributed by atoms with Gasteiger partial charge in [-0.25, -0.2) is 4.98 Å². The third-order valence-corrected chi connectivity index (χ3v) is 3.91. The van der Waals surface area contributed by atoms with E-state index in [1.54, 1.807) is 13.3 Å². The molecule has 0 bridgehead atoms. The lowest BCUT2D eigenvalue weighted by Gasteiger charge is -2.23. The van der Waals surface area contributed by atoms with Crippen molar-refractivity contribution in [2.45, 2.75) is 12.0 Å². The Hall–Kier alpha value is -3.09. The molecule has 2 aromatic carbocycles. The van der Waals surface area contributed by atoms with E-state index in [-0.39, 0.29) is 0 Å². The number of pyridine rings is 1. The lowest BCUT2D eigenvalue weighted by Crippen LogP contribution is -2.27. The molecule has 0 aliphatic carbocycles. The average Bonchev–Trinajstić information content (AvgIpc) is 2.68. The van der Waals surface area contributed by atoms with E-state index in [1.165, 1.54) is 0 Å². The summed E-state index contributed by atoms with van der Waals surface area (Å²) in [4.78, 5) is 4.21. The molecule has 0 radical (unpaired) electrons. The van der Waals surface area contributed by atoms with Crippen LogP contribution in [-0.4, -0.2) is 17.2 Å². The summed E-state index contributed by atoms with van der Waals surface area (Å²) in [5, 5.41) is 11.4. The summed E-state index contributed by atoms with van der Waals surface area (Å²) in [7, 11) is 1.61. The van der Waals surface area contributed by atoms with Crippen LogP contribution in [0.25, 0.3) is 0 Å². The molecule has 1 heterocycles. The smallest absolute Gasteiger partial charge is 0.155 e. The maximum absolute atomic E-state index is 11.4. The minimum atomic E-state index is -1.34. The van der Waals surface area contributed by atoms with E-state index in [0.29, 0.717) is 23.4 Å². The van der Waals surface area contributed by atoms with E-state index in [1.807, 2.05) is 72.8 Å². The Bertz CT molecular complexity index is 882. The van der Waals surface area contributed by atoms with Crippen molar-refractivity contribution < 1.29 is 9.84 Å². The number of benzene rings is 2. The molecule has 0 unspecified atom stereocenters. The van der Waals surface area contributed by atoms with Crippen LogP contribution in [0, 0.1) is 11.8 Å². The van der Waals surface area contributed by atoms with Gasteiger partial charge >= 0.3 is 0 Å². The Morgan fingerprint density at radius 3 is 2.52 bits per heavy atom. The Labute approximate surface area is 147 Å².